The van der Waals surface area contributed by atoms with Gasteiger partial charge in [-0.25, -0.2) is 9.37 Å². The Morgan fingerprint density at radius 1 is 0.875 bits per heavy atom. The smallest absolute Gasteiger partial charge is 0.159 e. The monoisotopic (exact) mass is 421 g/mol. The second-order valence-corrected chi connectivity index (χ2v) is 7.53. The van der Waals surface area contributed by atoms with Crippen LogP contribution in [0.4, 0.5) is 4.39 Å². The van der Waals surface area contributed by atoms with E-state index < -0.39 is 0 Å². The van der Waals surface area contributed by atoms with E-state index in [0.29, 0.717) is 22.7 Å². The standard InChI is InChI=1S/C24H16FN7/c1-13-6-8-26-11-17(13)19-10-16-20(12-28-19)31-32-22(16)24-29-18-7-9-27-21(23(18)30-24)14-2-4-15(25)5-3-14/h2-12H,1H3,(H,29,30)(H,31,32). The molecular formula is C24H16FN7. The van der Waals surface area contributed by atoms with Crippen LogP contribution >= 0.6 is 0 Å². The highest BCUT2D eigenvalue weighted by Crippen LogP contribution is 2.32. The van der Waals surface area contributed by atoms with Crippen LogP contribution in [0.5, 0.6) is 0 Å². The molecule has 0 spiro atoms. The van der Waals surface area contributed by atoms with Crippen molar-refractivity contribution in [1.29, 1.82) is 0 Å². The Morgan fingerprint density at radius 3 is 2.59 bits per heavy atom. The Hall–Kier alpha value is -4.46. The quantitative estimate of drug-likeness (QED) is 0.416. The average Bonchev–Trinajstić information content (AvgIpc) is 3.43. The Balaban J connectivity index is 1.51. The van der Waals surface area contributed by atoms with Crippen molar-refractivity contribution in [3.05, 3.63) is 78.6 Å². The van der Waals surface area contributed by atoms with Crippen LogP contribution in [0.3, 0.4) is 0 Å². The largest absolute Gasteiger partial charge is 0.336 e. The number of aryl methyl sites for hydroxylation is 1. The third kappa shape index (κ3) is 2.92. The first-order chi connectivity index (χ1) is 15.7. The normalized spacial score (nSPS) is 11.4. The van der Waals surface area contributed by atoms with Gasteiger partial charge in [0.15, 0.2) is 5.82 Å². The minimum atomic E-state index is -0.292. The molecule has 0 aliphatic rings. The van der Waals surface area contributed by atoms with Gasteiger partial charge in [-0.2, -0.15) is 5.10 Å². The molecule has 0 saturated carbocycles. The lowest BCUT2D eigenvalue weighted by molar-refractivity contribution is 0.628. The molecule has 0 saturated heterocycles. The summed E-state index contributed by atoms with van der Waals surface area (Å²) in [6.07, 6.45) is 7.05. The van der Waals surface area contributed by atoms with Crippen LogP contribution < -0.4 is 0 Å². The number of halogens is 1. The van der Waals surface area contributed by atoms with Crippen molar-refractivity contribution in [2.24, 2.45) is 0 Å². The molecular weight excluding hydrogens is 405 g/mol. The molecule has 0 bridgehead atoms. The Bertz CT molecular complexity index is 1600. The van der Waals surface area contributed by atoms with Gasteiger partial charge in [0.2, 0.25) is 0 Å². The van der Waals surface area contributed by atoms with Crippen LogP contribution in [-0.2, 0) is 0 Å². The number of rotatable bonds is 3. The fourth-order valence-corrected chi connectivity index (χ4v) is 3.84. The lowest BCUT2D eigenvalue weighted by Crippen LogP contribution is -1.89. The van der Waals surface area contributed by atoms with Crippen LogP contribution in [0.1, 0.15) is 5.56 Å². The van der Waals surface area contributed by atoms with Crippen molar-refractivity contribution >= 4 is 21.9 Å². The highest BCUT2D eigenvalue weighted by Gasteiger charge is 2.17. The summed E-state index contributed by atoms with van der Waals surface area (Å²) < 4.78 is 13.4. The summed E-state index contributed by atoms with van der Waals surface area (Å²) in [5.41, 5.74) is 7.36. The van der Waals surface area contributed by atoms with Crippen molar-refractivity contribution in [1.82, 2.24) is 35.1 Å². The number of hydrogen-bond donors (Lipinski definition) is 2. The molecule has 0 fully saturated rings. The topological polar surface area (TPSA) is 96.0 Å². The number of aromatic amines is 2. The van der Waals surface area contributed by atoms with Gasteiger partial charge in [0.1, 0.15) is 17.0 Å². The molecule has 6 aromatic rings. The summed E-state index contributed by atoms with van der Waals surface area (Å²) in [5, 5.41) is 8.42. The van der Waals surface area contributed by atoms with Gasteiger partial charge < -0.3 is 4.98 Å². The number of hydrogen-bond acceptors (Lipinski definition) is 5. The fraction of sp³-hybridized carbons (Fsp3) is 0.0417. The number of aromatic nitrogens is 7. The lowest BCUT2D eigenvalue weighted by Gasteiger charge is -2.04. The molecule has 0 radical (unpaired) electrons. The molecule has 32 heavy (non-hydrogen) atoms. The number of nitrogens with one attached hydrogen (secondary N) is 2. The summed E-state index contributed by atoms with van der Waals surface area (Å²) in [6.45, 7) is 2.03. The highest BCUT2D eigenvalue weighted by molar-refractivity contribution is 5.96. The van der Waals surface area contributed by atoms with E-state index in [4.69, 9.17) is 4.98 Å². The van der Waals surface area contributed by atoms with E-state index in [9.17, 15) is 4.39 Å². The first-order valence-electron chi connectivity index (χ1n) is 10.0. The lowest BCUT2D eigenvalue weighted by atomic mass is 10.1. The van der Waals surface area contributed by atoms with E-state index in [1.807, 2.05) is 31.3 Å². The third-order valence-electron chi connectivity index (χ3n) is 5.51. The minimum absolute atomic E-state index is 0.292. The van der Waals surface area contributed by atoms with Crippen LogP contribution in [0.25, 0.3) is 56.0 Å². The number of benzene rings is 1. The van der Waals surface area contributed by atoms with Crippen LogP contribution in [0, 0.1) is 12.7 Å². The number of nitrogens with zero attached hydrogens (tertiary/aromatic N) is 5. The molecule has 0 unspecified atom stereocenters. The molecule has 7 nitrogen and oxygen atoms in total. The SMILES string of the molecule is Cc1ccncc1-c1cc2c(-c3nc4c(-c5ccc(F)cc5)nccc4[nH]3)n[nH]c2cn1. The van der Waals surface area contributed by atoms with Gasteiger partial charge in [-0.3, -0.25) is 20.1 Å². The average molecular weight is 421 g/mol. The zero-order chi connectivity index (χ0) is 21.7. The Morgan fingerprint density at radius 2 is 1.75 bits per heavy atom. The zero-order valence-electron chi connectivity index (χ0n) is 17.0. The molecule has 0 atom stereocenters. The molecule has 5 aromatic heterocycles. The van der Waals surface area contributed by atoms with Crippen molar-refractivity contribution in [3.63, 3.8) is 0 Å². The highest BCUT2D eigenvalue weighted by atomic mass is 19.1. The van der Waals surface area contributed by atoms with E-state index in [2.05, 4.69) is 30.1 Å². The fourth-order valence-electron chi connectivity index (χ4n) is 3.84. The van der Waals surface area contributed by atoms with Crippen molar-refractivity contribution in [2.45, 2.75) is 6.92 Å². The van der Waals surface area contributed by atoms with Gasteiger partial charge in [-0.05, 0) is 55.0 Å². The molecule has 2 N–H and O–H groups in total. The molecule has 0 aliphatic carbocycles. The summed E-state index contributed by atoms with van der Waals surface area (Å²) >= 11 is 0. The van der Waals surface area contributed by atoms with Gasteiger partial charge in [-0.15, -0.1) is 0 Å². The second kappa shape index (κ2) is 7.05. The first-order valence-corrected chi connectivity index (χ1v) is 10.0. The maximum absolute atomic E-state index is 13.4. The molecule has 5 heterocycles. The van der Waals surface area contributed by atoms with E-state index in [1.54, 1.807) is 30.7 Å². The van der Waals surface area contributed by atoms with Crippen LogP contribution in [0.15, 0.2) is 67.3 Å². The molecule has 0 amide bonds. The second-order valence-electron chi connectivity index (χ2n) is 7.53. The van der Waals surface area contributed by atoms with E-state index in [0.717, 1.165) is 38.8 Å². The predicted molar refractivity (Wildman–Crippen MR) is 120 cm³/mol. The van der Waals surface area contributed by atoms with Gasteiger partial charge >= 0.3 is 0 Å². The summed E-state index contributed by atoms with van der Waals surface area (Å²) in [5.74, 6) is 0.322. The minimum Gasteiger partial charge on any atom is -0.336 e. The predicted octanol–water partition coefficient (Wildman–Crippen LogP) is 5.07. The van der Waals surface area contributed by atoms with Crippen LogP contribution in [0.2, 0.25) is 0 Å². The van der Waals surface area contributed by atoms with E-state index in [1.165, 1.54) is 12.1 Å². The number of pyridine rings is 3. The van der Waals surface area contributed by atoms with Gasteiger partial charge in [0, 0.05) is 35.1 Å². The number of fused-ring (bicyclic) bond motifs is 2. The van der Waals surface area contributed by atoms with Crippen molar-refractivity contribution < 1.29 is 4.39 Å². The van der Waals surface area contributed by atoms with Gasteiger partial charge in [0.05, 0.1) is 28.6 Å². The van der Waals surface area contributed by atoms with Gasteiger partial charge in [-0.1, -0.05) is 0 Å². The van der Waals surface area contributed by atoms with Crippen LogP contribution in [-0.4, -0.2) is 35.1 Å². The molecule has 1 aromatic carbocycles. The number of H-pyrrole nitrogens is 2. The summed E-state index contributed by atoms with van der Waals surface area (Å²) in [6, 6.07) is 12.0. The maximum Gasteiger partial charge on any atom is 0.159 e. The molecule has 6 rings (SSSR count). The summed E-state index contributed by atoms with van der Waals surface area (Å²) in [4.78, 5) is 21.4. The maximum atomic E-state index is 13.4. The van der Waals surface area contributed by atoms with Crippen molar-refractivity contribution in [3.8, 4) is 34.0 Å². The third-order valence-corrected chi connectivity index (χ3v) is 5.51. The van der Waals surface area contributed by atoms with Gasteiger partial charge in [0.25, 0.3) is 0 Å². The van der Waals surface area contributed by atoms with Crippen molar-refractivity contribution in [2.75, 3.05) is 0 Å². The Labute approximate surface area is 181 Å². The zero-order valence-corrected chi connectivity index (χ0v) is 17.0. The molecule has 154 valence electrons. The van der Waals surface area contributed by atoms with E-state index in [-0.39, 0.29) is 5.82 Å². The van der Waals surface area contributed by atoms with E-state index >= 15 is 0 Å². The molecule has 0 aliphatic heterocycles. The summed E-state index contributed by atoms with van der Waals surface area (Å²) in [7, 11) is 0. The first kappa shape index (κ1) is 18.3. The Kier molecular flexibility index (Phi) is 4.04. The number of imidazole rings is 1. The molecule has 8 heteroatoms.